The highest BCUT2D eigenvalue weighted by Crippen LogP contribution is 2.34. The SMILES string of the molecule is Nc1cc(C(=O)O)ccc1N1C(=O)c2ccc([N+](=O)[O-])cc2C1=O. The number of anilines is 2. The van der Waals surface area contributed by atoms with Gasteiger partial charge in [-0.05, 0) is 24.3 Å². The van der Waals surface area contributed by atoms with E-state index in [4.69, 9.17) is 10.8 Å². The molecule has 0 spiro atoms. The van der Waals surface area contributed by atoms with Crippen molar-refractivity contribution in [1.82, 2.24) is 0 Å². The number of fused-ring (bicyclic) bond motifs is 1. The second-order valence-electron chi connectivity index (χ2n) is 5.01. The molecule has 0 atom stereocenters. The van der Waals surface area contributed by atoms with E-state index >= 15 is 0 Å². The molecule has 0 saturated heterocycles. The molecule has 2 aromatic carbocycles. The van der Waals surface area contributed by atoms with Crippen molar-refractivity contribution in [3.8, 4) is 0 Å². The first-order valence-corrected chi connectivity index (χ1v) is 6.61. The lowest BCUT2D eigenvalue weighted by Crippen LogP contribution is -2.30. The van der Waals surface area contributed by atoms with Gasteiger partial charge in [-0.15, -0.1) is 0 Å². The molecule has 0 bridgehead atoms. The van der Waals surface area contributed by atoms with Crippen LogP contribution < -0.4 is 10.6 Å². The number of non-ortho nitro benzene ring substituents is 1. The van der Waals surface area contributed by atoms with Gasteiger partial charge in [0.1, 0.15) is 0 Å². The molecule has 1 heterocycles. The topological polar surface area (TPSA) is 144 Å². The second-order valence-corrected chi connectivity index (χ2v) is 5.01. The molecular formula is C15H9N3O6. The number of rotatable bonds is 3. The number of benzene rings is 2. The third kappa shape index (κ3) is 2.15. The van der Waals surface area contributed by atoms with Crippen LogP contribution in [0.1, 0.15) is 31.1 Å². The number of hydrogen-bond donors (Lipinski definition) is 2. The first kappa shape index (κ1) is 15.2. The molecule has 2 aromatic rings. The van der Waals surface area contributed by atoms with Gasteiger partial charge in [-0.25, -0.2) is 9.69 Å². The number of carbonyl (C=O) groups excluding carboxylic acids is 2. The average molecular weight is 327 g/mol. The van der Waals surface area contributed by atoms with Gasteiger partial charge in [0.2, 0.25) is 0 Å². The maximum absolute atomic E-state index is 12.5. The van der Waals surface area contributed by atoms with Crippen molar-refractivity contribution >= 4 is 34.8 Å². The molecular weight excluding hydrogens is 318 g/mol. The predicted octanol–water partition coefficient (Wildman–Crippen LogP) is 1.68. The first-order chi connectivity index (χ1) is 11.3. The molecule has 2 amide bonds. The van der Waals surface area contributed by atoms with Gasteiger partial charge in [0.25, 0.3) is 17.5 Å². The van der Waals surface area contributed by atoms with Crippen molar-refractivity contribution in [3.63, 3.8) is 0 Å². The number of hydrogen-bond acceptors (Lipinski definition) is 6. The summed E-state index contributed by atoms with van der Waals surface area (Å²) in [6, 6.07) is 6.94. The molecule has 9 nitrogen and oxygen atoms in total. The molecule has 0 fully saturated rings. The molecule has 24 heavy (non-hydrogen) atoms. The highest BCUT2D eigenvalue weighted by Gasteiger charge is 2.38. The van der Waals surface area contributed by atoms with E-state index in [0.717, 1.165) is 23.1 Å². The number of aromatic carboxylic acids is 1. The molecule has 120 valence electrons. The van der Waals surface area contributed by atoms with Crippen LogP contribution in [0, 0.1) is 10.1 Å². The van der Waals surface area contributed by atoms with Crippen LogP contribution in [0.2, 0.25) is 0 Å². The first-order valence-electron chi connectivity index (χ1n) is 6.61. The minimum Gasteiger partial charge on any atom is -0.478 e. The Morgan fingerprint density at radius 2 is 1.75 bits per heavy atom. The third-order valence-corrected chi connectivity index (χ3v) is 3.60. The fourth-order valence-electron chi connectivity index (χ4n) is 2.45. The van der Waals surface area contributed by atoms with Gasteiger partial charge >= 0.3 is 5.97 Å². The normalized spacial score (nSPS) is 13.1. The molecule has 0 radical (unpaired) electrons. The van der Waals surface area contributed by atoms with Crippen LogP contribution in [-0.4, -0.2) is 27.8 Å². The number of nitro groups is 1. The minimum atomic E-state index is -1.20. The van der Waals surface area contributed by atoms with Crippen LogP contribution in [0.4, 0.5) is 17.1 Å². The molecule has 0 saturated carbocycles. The Bertz CT molecular complexity index is 937. The molecule has 0 unspecified atom stereocenters. The number of nitrogens with two attached hydrogens (primary N) is 1. The lowest BCUT2D eigenvalue weighted by molar-refractivity contribution is -0.384. The van der Waals surface area contributed by atoms with E-state index < -0.39 is 22.7 Å². The number of carboxylic acid groups (broad SMARTS) is 1. The van der Waals surface area contributed by atoms with Crippen molar-refractivity contribution in [2.45, 2.75) is 0 Å². The van der Waals surface area contributed by atoms with Crippen molar-refractivity contribution in [1.29, 1.82) is 0 Å². The maximum atomic E-state index is 12.5. The summed E-state index contributed by atoms with van der Waals surface area (Å²) in [5.74, 6) is -2.64. The van der Waals surface area contributed by atoms with Crippen LogP contribution in [0.5, 0.6) is 0 Å². The highest BCUT2D eigenvalue weighted by atomic mass is 16.6. The lowest BCUT2D eigenvalue weighted by Gasteiger charge is -2.16. The average Bonchev–Trinajstić information content (AvgIpc) is 2.78. The summed E-state index contributed by atoms with van der Waals surface area (Å²) >= 11 is 0. The fraction of sp³-hybridized carbons (Fsp3) is 0. The van der Waals surface area contributed by atoms with Gasteiger partial charge in [-0.3, -0.25) is 19.7 Å². The van der Waals surface area contributed by atoms with Crippen molar-refractivity contribution in [2.24, 2.45) is 0 Å². The molecule has 3 rings (SSSR count). The molecule has 9 heteroatoms. The molecule has 1 aliphatic rings. The highest BCUT2D eigenvalue weighted by molar-refractivity contribution is 6.35. The molecule has 1 aliphatic heterocycles. The zero-order valence-electron chi connectivity index (χ0n) is 11.9. The van der Waals surface area contributed by atoms with Crippen molar-refractivity contribution in [2.75, 3.05) is 10.6 Å². The molecule has 0 aliphatic carbocycles. The van der Waals surface area contributed by atoms with E-state index in [-0.39, 0.29) is 33.8 Å². The Morgan fingerprint density at radius 3 is 2.33 bits per heavy atom. The number of nitrogen functional groups attached to an aromatic ring is 1. The number of imide groups is 1. The van der Waals surface area contributed by atoms with Gasteiger partial charge < -0.3 is 10.8 Å². The van der Waals surface area contributed by atoms with Crippen molar-refractivity contribution < 1.29 is 24.4 Å². The van der Waals surface area contributed by atoms with E-state index in [2.05, 4.69) is 0 Å². The van der Waals surface area contributed by atoms with Crippen LogP contribution in [-0.2, 0) is 0 Å². The maximum Gasteiger partial charge on any atom is 0.335 e. The third-order valence-electron chi connectivity index (χ3n) is 3.60. The Morgan fingerprint density at radius 1 is 1.08 bits per heavy atom. The van der Waals surface area contributed by atoms with Gasteiger partial charge in [-0.2, -0.15) is 0 Å². The Labute approximate surface area is 134 Å². The standard InChI is InChI=1S/C15H9N3O6/c16-11-5-7(15(21)22)1-4-12(11)17-13(19)9-3-2-8(18(23)24)6-10(9)14(17)20/h1-6H,16H2,(H,21,22). The van der Waals surface area contributed by atoms with Crippen LogP contribution in [0.3, 0.4) is 0 Å². The van der Waals surface area contributed by atoms with E-state index in [9.17, 15) is 24.5 Å². The van der Waals surface area contributed by atoms with E-state index in [0.29, 0.717) is 0 Å². The Kier molecular flexibility index (Phi) is 3.26. The Hall–Kier alpha value is -3.75. The molecule has 3 N–H and O–H groups in total. The summed E-state index contributed by atoms with van der Waals surface area (Å²) in [7, 11) is 0. The number of nitro benzene ring substituents is 1. The largest absolute Gasteiger partial charge is 0.478 e. The summed E-state index contributed by atoms with van der Waals surface area (Å²) in [4.78, 5) is 46.7. The quantitative estimate of drug-likeness (QED) is 0.377. The van der Waals surface area contributed by atoms with Gasteiger partial charge in [0.15, 0.2) is 0 Å². The summed E-state index contributed by atoms with van der Waals surface area (Å²) in [6.07, 6.45) is 0. The van der Waals surface area contributed by atoms with Gasteiger partial charge in [0.05, 0.1) is 33.0 Å². The fourth-order valence-corrected chi connectivity index (χ4v) is 2.45. The number of amides is 2. The monoisotopic (exact) mass is 327 g/mol. The number of carbonyl (C=O) groups is 3. The van der Waals surface area contributed by atoms with Crippen LogP contribution in [0.15, 0.2) is 36.4 Å². The number of nitrogens with zero attached hydrogens (tertiary/aromatic N) is 2. The Balaban J connectivity index is 2.08. The summed E-state index contributed by atoms with van der Waals surface area (Å²) < 4.78 is 0. The summed E-state index contributed by atoms with van der Waals surface area (Å²) in [6.45, 7) is 0. The van der Waals surface area contributed by atoms with Gasteiger partial charge in [0, 0.05) is 12.1 Å². The van der Waals surface area contributed by atoms with Crippen molar-refractivity contribution in [3.05, 3.63) is 63.2 Å². The molecule has 0 aromatic heterocycles. The zero-order chi connectivity index (χ0) is 17.6. The van der Waals surface area contributed by atoms with E-state index in [1.165, 1.54) is 18.2 Å². The van der Waals surface area contributed by atoms with Crippen LogP contribution >= 0.6 is 0 Å². The smallest absolute Gasteiger partial charge is 0.335 e. The second kappa shape index (κ2) is 5.16. The van der Waals surface area contributed by atoms with Crippen LogP contribution in [0.25, 0.3) is 0 Å². The summed E-state index contributed by atoms with van der Waals surface area (Å²) in [5.41, 5.74) is 5.22. The predicted molar refractivity (Wildman–Crippen MR) is 82.1 cm³/mol. The van der Waals surface area contributed by atoms with E-state index in [1.807, 2.05) is 0 Å². The zero-order valence-corrected chi connectivity index (χ0v) is 11.9. The van der Waals surface area contributed by atoms with E-state index in [1.54, 1.807) is 0 Å². The minimum absolute atomic E-state index is 0.0207. The number of carboxylic acids is 1. The lowest BCUT2D eigenvalue weighted by atomic mass is 10.1. The van der Waals surface area contributed by atoms with Gasteiger partial charge in [-0.1, -0.05) is 0 Å². The summed E-state index contributed by atoms with van der Waals surface area (Å²) in [5, 5.41) is 19.7.